The minimum Gasteiger partial charge on any atom is -0.0622 e. The van der Waals surface area contributed by atoms with E-state index in [0.29, 0.717) is 5.41 Å². The lowest BCUT2D eigenvalue weighted by molar-refractivity contribution is -0.0953. The van der Waals surface area contributed by atoms with Gasteiger partial charge >= 0.3 is 0 Å². The summed E-state index contributed by atoms with van der Waals surface area (Å²) in [5.41, 5.74) is 0.660. The SMILES string of the molecule is C[C]1CC(C)C2[C]1CC1CC2C1(C)C. The van der Waals surface area contributed by atoms with Gasteiger partial charge in [0.1, 0.15) is 0 Å². The average Bonchev–Trinajstić information content (AvgIpc) is 2.43. The van der Waals surface area contributed by atoms with Crippen LogP contribution in [0, 0.1) is 40.9 Å². The van der Waals surface area contributed by atoms with Gasteiger partial charge < -0.3 is 0 Å². The second-order valence-electron chi connectivity index (χ2n) is 6.58. The van der Waals surface area contributed by atoms with Crippen molar-refractivity contribution in [3.05, 3.63) is 11.8 Å². The van der Waals surface area contributed by atoms with Gasteiger partial charge in [-0.1, -0.05) is 27.7 Å². The highest BCUT2D eigenvalue weighted by Crippen LogP contribution is 2.69. The van der Waals surface area contributed by atoms with Gasteiger partial charge in [0.25, 0.3) is 0 Å². The molecule has 4 aliphatic carbocycles. The number of hydrogen-bond donors (Lipinski definition) is 0. The van der Waals surface area contributed by atoms with Crippen LogP contribution in [0.3, 0.4) is 0 Å². The quantitative estimate of drug-likeness (QED) is 0.544. The van der Waals surface area contributed by atoms with Crippen LogP contribution in [0.2, 0.25) is 0 Å². The van der Waals surface area contributed by atoms with E-state index in [0.717, 1.165) is 23.7 Å². The molecule has 2 bridgehead atoms. The molecule has 4 saturated carbocycles. The van der Waals surface area contributed by atoms with Crippen molar-refractivity contribution >= 4 is 0 Å². The summed E-state index contributed by atoms with van der Waals surface area (Å²) in [5, 5.41) is 0. The van der Waals surface area contributed by atoms with Crippen molar-refractivity contribution in [2.45, 2.75) is 47.0 Å². The van der Waals surface area contributed by atoms with E-state index >= 15 is 0 Å². The molecule has 14 heavy (non-hydrogen) atoms. The molecule has 78 valence electrons. The van der Waals surface area contributed by atoms with Crippen LogP contribution in [0.25, 0.3) is 0 Å². The van der Waals surface area contributed by atoms with Crippen LogP contribution in [0.15, 0.2) is 0 Å². The highest BCUT2D eigenvalue weighted by Gasteiger charge is 2.61. The molecule has 2 radical (unpaired) electrons. The fraction of sp³-hybridized carbons (Fsp3) is 0.857. The maximum atomic E-state index is 2.50. The topological polar surface area (TPSA) is 0 Å². The molecule has 0 N–H and O–H groups in total. The lowest BCUT2D eigenvalue weighted by Gasteiger charge is -2.62. The van der Waals surface area contributed by atoms with Gasteiger partial charge in [-0.2, -0.15) is 0 Å². The molecule has 0 heteroatoms. The summed E-state index contributed by atoms with van der Waals surface area (Å²) in [7, 11) is 0. The fourth-order valence-corrected chi connectivity index (χ4v) is 4.60. The summed E-state index contributed by atoms with van der Waals surface area (Å²) < 4.78 is 0. The Labute approximate surface area is 88.5 Å². The first-order chi connectivity index (χ1) is 6.51. The largest absolute Gasteiger partial charge is 0.0622 e. The summed E-state index contributed by atoms with van der Waals surface area (Å²) in [6.07, 6.45) is 4.35. The number of rotatable bonds is 0. The van der Waals surface area contributed by atoms with E-state index in [1.807, 2.05) is 5.92 Å². The van der Waals surface area contributed by atoms with Crippen LogP contribution >= 0.6 is 0 Å². The summed E-state index contributed by atoms with van der Waals surface area (Å²) in [6, 6.07) is 0. The monoisotopic (exact) mass is 190 g/mol. The van der Waals surface area contributed by atoms with Gasteiger partial charge in [-0.05, 0) is 60.2 Å². The Morgan fingerprint density at radius 2 is 1.93 bits per heavy atom. The fourth-order valence-electron chi connectivity index (χ4n) is 4.60. The second-order valence-corrected chi connectivity index (χ2v) is 6.58. The van der Waals surface area contributed by atoms with E-state index in [4.69, 9.17) is 0 Å². The maximum Gasteiger partial charge on any atom is -0.0137 e. The molecule has 4 rings (SSSR count). The van der Waals surface area contributed by atoms with Crippen LogP contribution in [0.4, 0.5) is 0 Å². The maximum absolute atomic E-state index is 2.50. The first-order valence-electron chi connectivity index (χ1n) is 6.20. The van der Waals surface area contributed by atoms with Gasteiger partial charge in [-0.15, -0.1) is 0 Å². The Bertz CT molecular complexity index is 253. The molecule has 0 amide bonds. The Morgan fingerprint density at radius 1 is 1.21 bits per heavy atom. The lowest BCUT2D eigenvalue weighted by Crippen LogP contribution is -2.55. The van der Waals surface area contributed by atoms with E-state index in [1.165, 1.54) is 19.3 Å². The molecule has 0 aromatic rings. The standard InChI is InChI=1S/C14H22/c1-8-5-9(2)13-11(8)6-10-7-12(13)14(10,3)4/h9-10,12-13H,5-7H2,1-4H3. The normalized spacial score (nSPS) is 51.4. The molecule has 0 aromatic carbocycles. The molecule has 4 atom stereocenters. The summed E-state index contributed by atoms with van der Waals surface area (Å²) in [5.74, 6) is 7.55. The molecular weight excluding hydrogens is 168 g/mol. The Kier molecular flexibility index (Phi) is 1.70. The third-order valence-electron chi connectivity index (χ3n) is 5.64. The molecule has 0 nitrogen and oxygen atoms in total. The third kappa shape index (κ3) is 0.907. The number of hydrogen-bond acceptors (Lipinski definition) is 0. The van der Waals surface area contributed by atoms with Crippen molar-refractivity contribution in [2.75, 3.05) is 0 Å². The average molecular weight is 190 g/mol. The highest BCUT2D eigenvalue weighted by molar-refractivity contribution is 5.32. The summed E-state index contributed by atoms with van der Waals surface area (Å²) in [4.78, 5) is 0. The van der Waals surface area contributed by atoms with Crippen molar-refractivity contribution in [3.63, 3.8) is 0 Å². The third-order valence-corrected chi connectivity index (χ3v) is 5.64. The van der Waals surface area contributed by atoms with Gasteiger partial charge in [0.15, 0.2) is 0 Å². The second kappa shape index (κ2) is 2.57. The van der Waals surface area contributed by atoms with Crippen LogP contribution < -0.4 is 0 Å². The molecule has 4 aliphatic rings. The van der Waals surface area contributed by atoms with Crippen LogP contribution in [0.5, 0.6) is 0 Å². The minimum absolute atomic E-state index is 0.660. The zero-order valence-electron chi connectivity index (χ0n) is 9.93. The first kappa shape index (κ1) is 9.24. The van der Waals surface area contributed by atoms with Crippen LogP contribution in [-0.4, -0.2) is 0 Å². The molecule has 0 aromatic heterocycles. The van der Waals surface area contributed by atoms with E-state index in [1.54, 1.807) is 5.92 Å². The molecule has 0 saturated heterocycles. The van der Waals surface area contributed by atoms with E-state index in [-0.39, 0.29) is 0 Å². The molecule has 0 spiro atoms. The van der Waals surface area contributed by atoms with Gasteiger partial charge in [-0.25, -0.2) is 0 Å². The van der Waals surface area contributed by atoms with E-state index < -0.39 is 0 Å². The van der Waals surface area contributed by atoms with Gasteiger partial charge in [0.2, 0.25) is 0 Å². The van der Waals surface area contributed by atoms with Gasteiger partial charge in [0.05, 0.1) is 0 Å². The van der Waals surface area contributed by atoms with E-state index in [9.17, 15) is 0 Å². The van der Waals surface area contributed by atoms with Gasteiger partial charge in [-0.3, -0.25) is 0 Å². The molecule has 0 aliphatic heterocycles. The van der Waals surface area contributed by atoms with Crippen molar-refractivity contribution in [2.24, 2.45) is 29.1 Å². The van der Waals surface area contributed by atoms with E-state index in [2.05, 4.69) is 27.7 Å². The lowest BCUT2D eigenvalue weighted by atomic mass is 9.42. The van der Waals surface area contributed by atoms with Gasteiger partial charge in [0, 0.05) is 0 Å². The summed E-state index contributed by atoms with van der Waals surface area (Å²) in [6.45, 7) is 9.85. The highest BCUT2D eigenvalue weighted by atomic mass is 14.7. The molecule has 4 fully saturated rings. The van der Waals surface area contributed by atoms with Crippen LogP contribution in [-0.2, 0) is 0 Å². The Morgan fingerprint density at radius 3 is 2.57 bits per heavy atom. The predicted octanol–water partition coefficient (Wildman–Crippen LogP) is 3.88. The Hall–Kier alpha value is 0. The van der Waals surface area contributed by atoms with Crippen molar-refractivity contribution in [1.29, 1.82) is 0 Å². The van der Waals surface area contributed by atoms with Crippen LogP contribution in [0.1, 0.15) is 47.0 Å². The molecule has 4 unspecified atom stereocenters. The summed E-state index contributed by atoms with van der Waals surface area (Å²) >= 11 is 0. The van der Waals surface area contributed by atoms with Crippen molar-refractivity contribution in [1.82, 2.24) is 0 Å². The Balaban J connectivity index is 1.90. The smallest absolute Gasteiger partial charge is 0.0137 e. The molecular formula is C14H22. The predicted molar refractivity (Wildman–Crippen MR) is 59.4 cm³/mol. The molecule has 0 heterocycles. The van der Waals surface area contributed by atoms with Crippen molar-refractivity contribution < 1.29 is 0 Å². The first-order valence-corrected chi connectivity index (χ1v) is 6.20. The zero-order valence-corrected chi connectivity index (χ0v) is 9.93. The van der Waals surface area contributed by atoms with Crippen molar-refractivity contribution in [3.8, 4) is 0 Å². The zero-order chi connectivity index (χ0) is 10.1. The minimum atomic E-state index is 0.660.